The van der Waals surface area contributed by atoms with Crippen LogP contribution < -0.4 is 9.64 Å². The standard InChI is InChI=1S/C12H17ClN4O3/c1-3-20-9(18)8-4-6-17(7-5-8)11-14-10(13)15-12(16-11)19-2/h8H,3-7H2,1-2H3. The second-order valence-electron chi connectivity index (χ2n) is 4.40. The molecule has 2 heterocycles. The molecule has 1 aliphatic rings. The predicted molar refractivity (Wildman–Crippen MR) is 73.0 cm³/mol. The maximum atomic E-state index is 11.7. The zero-order chi connectivity index (χ0) is 14.5. The number of rotatable bonds is 4. The van der Waals surface area contributed by atoms with Crippen molar-refractivity contribution in [2.24, 2.45) is 5.92 Å². The lowest BCUT2D eigenvalue weighted by molar-refractivity contribution is -0.148. The lowest BCUT2D eigenvalue weighted by Crippen LogP contribution is -2.38. The Kier molecular flexibility index (Phi) is 4.94. The first-order valence-electron chi connectivity index (χ1n) is 6.51. The fourth-order valence-corrected chi connectivity index (χ4v) is 2.28. The lowest BCUT2D eigenvalue weighted by Gasteiger charge is -2.30. The molecule has 0 radical (unpaired) electrons. The van der Waals surface area contributed by atoms with Gasteiger partial charge in [-0.1, -0.05) is 0 Å². The summed E-state index contributed by atoms with van der Waals surface area (Å²) in [7, 11) is 1.47. The summed E-state index contributed by atoms with van der Waals surface area (Å²) >= 11 is 5.83. The summed E-state index contributed by atoms with van der Waals surface area (Å²) < 4.78 is 10.0. The molecular weight excluding hydrogens is 284 g/mol. The Bertz CT molecular complexity index is 478. The minimum atomic E-state index is -0.126. The van der Waals surface area contributed by atoms with Crippen LogP contribution in [0.4, 0.5) is 5.95 Å². The van der Waals surface area contributed by atoms with E-state index in [1.54, 1.807) is 0 Å². The Morgan fingerprint density at radius 1 is 1.35 bits per heavy atom. The van der Waals surface area contributed by atoms with E-state index < -0.39 is 0 Å². The zero-order valence-electron chi connectivity index (χ0n) is 11.5. The molecule has 2 rings (SSSR count). The highest BCUT2D eigenvalue weighted by Crippen LogP contribution is 2.23. The molecule has 0 aromatic carbocycles. The number of esters is 1. The van der Waals surface area contributed by atoms with Crippen molar-refractivity contribution in [1.29, 1.82) is 0 Å². The smallest absolute Gasteiger partial charge is 0.322 e. The van der Waals surface area contributed by atoms with E-state index in [2.05, 4.69) is 15.0 Å². The number of hydrogen-bond donors (Lipinski definition) is 0. The molecule has 1 fully saturated rings. The summed E-state index contributed by atoms with van der Waals surface area (Å²) in [5, 5.41) is 0.0966. The molecule has 0 spiro atoms. The third-order valence-corrected chi connectivity index (χ3v) is 3.33. The molecule has 0 saturated carbocycles. The number of halogens is 1. The van der Waals surface area contributed by atoms with Gasteiger partial charge in [-0.15, -0.1) is 0 Å². The number of piperidine rings is 1. The topological polar surface area (TPSA) is 77.4 Å². The van der Waals surface area contributed by atoms with Gasteiger partial charge < -0.3 is 14.4 Å². The van der Waals surface area contributed by atoms with Crippen LogP contribution in [0.3, 0.4) is 0 Å². The normalized spacial score (nSPS) is 16.1. The van der Waals surface area contributed by atoms with Gasteiger partial charge in [-0.3, -0.25) is 4.79 Å². The van der Waals surface area contributed by atoms with Gasteiger partial charge in [-0.25, -0.2) is 0 Å². The van der Waals surface area contributed by atoms with Crippen LogP contribution in [0.2, 0.25) is 5.28 Å². The molecule has 110 valence electrons. The fraction of sp³-hybridized carbons (Fsp3) is 0.667. The van der Waals surface area contributed by atoms with Gasteiger partial charge in [0.25, 0.3) is 0 Å². The number of carbonyl (C=O) groups excluding carboxylic acids is 1. The van der Waals surface area contributed by atoms with Crippen LogP contribution in [-0.2, 0) is 9.53 Å². The summed E-state index contributed by atoms with van der Waals surface area (Å²) in [4.78, 5) is 25.7. The van der Waals surface area contributed by atoms with E-state index in [4.69, 9.17) is 21.1 Å². The van der Waals surface area contributed by atoms with Crippen LogP contribution in [0.5, 0.6) is 6.01 Å². The SMILES string of the molecule is CCOC(=O)C1CCN(c2nc(Cl)nc(OC)n2)CC1. The molecule has 0 unspecified atom stereocenters. The van der Waals surface area contributed by atoms with Gasteiger partial charge in [0.1, 0.15) is 0 Å². The quantitative estimate of drug-likeness (QED) is 0.776. The Morgan fingerprint density at radius 3 is 2.65 bits per heavy atom. The molecule has 0 bridgehead atoms. The second-order valence-corrected chi connectivity index (χ2v) is 4.74. The van der Waals surface area contributed by atoms with Gasteiger partial charge in [-0.2, -0.15) is 15.0 Å². The number of carbonyl (C=O) groups is 1. The highest BCUT2D eigenvalue weighted by Gasteiger charge is 2.27. The van der Waals surface area contributed by atoms with Gasteiger partial charge in [0, 0.05) is 13.1 Å². The van der Waals surface area contributed by atoms with Crippen LogP contribution in [0, 0.1) is 5.92 Å². The Hall–Kier alpha value is -1.63. The van der Waals surface area contributed by atoms with E-state index in [9.17, 15) is 4.79 Å². The van der Waals surface area contributed by atoms with E-state index >= 15 is 0 Å². The number of aromatic nitrogens is 3. The van der Waals surface area contributed by atoms with Crippen LogP contribution in [0.25, 0.3) is 0 Å². The summed E-state index contributed by atoms with van der Waals surface area (Å²) in [5.41, 5.74) is 0. The fourth-order valence-electron chi connectivity index (χ4n) is 2.13. The van der Waals surface area contributed by atoms with Gasteiger partial charge in [0.15, 0.2) is 0 Å². The van der Waals surface area contributed by atoms with Crippen molar-refractivity contribution in [2.45, 2.75) is 19.8 Å². The van der Waals surface area contributed by atoms with Crippen molar-refractivity contribution < 1.29 is 14.3 Å². The Labute approximate surface area is 122 Å². The molecule has 1 aliphatic heterocycles. The van der Waals surface area contributed by atoms with Gasteiger partial charge in [0.2, 0.25) is 11.2 Å². The molecule has 20 heavy (non-hydrogen) atoms. The monoisotopic (exact) mass is 300 g/mol. The Balaban J connectivity index is 2.00. The first-order chi connectivity index (χ1) is 9.63. The van der Waals surface area contributed by atoms with Crippen molar-refractivity contribution in [1.82, 2.24) is 15.0 Å². The summed E-state index contributed by atoms with van der Waals surface area (Å²) in [6.45, 7) is 3.57. The van der Waals surface area contributed by atoms with Gasteiger partial charge in [0.05, 0.1) is 19.6 Å². The minimum absolute atomic E-state index is 0.0506. The van der Waals surface area contributed by atoms with Crippen LogP contribution >= 0.6 is 11.6 Å². The lowest BCUT2D eigenvalue weighted by atomic mass is 9.97. The molecule has 0 amide bonds. The molecule has 7 nitrogen and oxygen atoms in total. The third kappa shape index (κ3) is 3.47. The maximum Gasteiger partial charge on any atom is 0.322 e. The van der Waals surface area contributed by atoms with Crippen LogP contribution in [-0.4, -0.2) is 47.7 Å². The van der Waals surface area contributed by atoms with Crippen molar-refractivity contribution in [3.8, 4) is 6.01 Å². The minimum Gasteiger partial charge on any atom is -0.467 e. The van der Waals surface area contributed by atoms with Crippen molar-refractivity contribution in [3.05, 3.63) is 5.28 Å². The van der Waals surface area contributed by atoms with Crippen molar-refractivity contribution >= 4 is 23.5 Å². The average molecular weight is 301 g/mol. The molecule has 0 atom stereocenters. The maximum absolute atomic E-state index is 11.7. The predicted octanol–water partition coefficient (Wildman–Crippen LogP) is 1.31. The van der Waals surface area contributed by atoms with E-state index in [-0.39, 0.29) is 23.2 Å². The third-order valence-electron chi connectivity index (χ3n) is 3.16. The molecule has 0 N–H and O–H groups in total. The molecule has 1 aromatic heterocycles. The largest absolute Gasteiger partial charge is 0.467 e. The van der Waals surface area contributed by atoms with Gasteiger partial charge >= 0.3 is 12.0 Å². The van der Waals surface area contributed by atoms with Crippen LogP contribution in [0.15, 0.2) is 0 Å². The molecule has 0 aliphatic carbocycles. The summed E-state index contributed by atoms with van der Waals surface area (Å²) in [6, 6.07) is 0.188. The van der Waals surface area contributed by atoms with Crippen LogP contribution in [0.1, 0.15) is 19.8 Å². The number of hydrogen-bond acceptors (Lipinski definition) is 7. The van der Waals surface area contributed by atoms with Gasteiger partial charge in [-0.05, 0) is 31.4 Å². The van der Waals surface area contributed by atoms with Crippen molar-refractivity contribution in [3.63, 3.8) is 0 Å². The van der Waals surface area contributed by atoms with E-state index in [1.165, 1.54) is 7.11 Å². The summed E-state index contributed by atoms with van der Waals surface area (Å²) in [5.74, 6) is 0.299. The molecular formula is C12H17ClN4O3. The highest BCUT2D eigenvalue weighted by molar-refractivity contribution is 6.28. The first kappa shape index (κ1) is 14.8. The first-order valence-corrected chi connectivity index (χ1v) is 6.89. The van der Waals surface area contributed by atoms with E-state index in [1.807, 2.05) is 11.8 Å². The van der Waals surface area contributed by atoms with E-state index in [0.29, 0.717) is 38.5 Å². The Morgan fingerprint density at radius 2 is 2.05 bits per heavy atom. The summed E-state index contributed by atoms with van der Waals surface area (Å²) in [6.07, 6.45) is 1.43. The molecule has 1 aromatic rings. The second kappa shape index (κ2) is 6.69. The average Bonchev–Trinajstić information content (AvgIpc) is 2.47. The van der Waals surface area contributed by atoms with E-state index in [0.717, 1.165) is 0 Å². The van der Waals surface area contributed by atoms with Crippen molar-refractivity contribution in [2.75, 3.05) is 31.7 Å². The highest BCUT2D eigenvalue weighted by atomic mass is 35.5. The molecule has 8 heteroatoms. The number of methoxy groups -OCH3 is 1. The number of ether oxygens (including phenoxy) is 2. The zero-order valence-corrected chi connectivity index (χ0v) is 12.3. The number of anilines is 1. The number of nitrogens with zero attached hydrogens (tertiary/aromatic N) is 4. The molecule has 1 saturated heterocycles.